The van der Waals surface area contributed by atoms with Gasteiger partial charge < -0.3 is 24.3 Å². The van der Waals surface area contributed by atoms with Crippen LogP contribution in [0, 0.1) is 5.82 Å². The third kappa shape index (κ3) is 4.48. The van der Waals surface area contributed by atoms with Crippen LogP contribution in [0.2, 0.25) is 0 Å². The Labute approximate surface area is 223 Å². The Kier molecular flexibility index (Phi) is 4.14. The van der Waals surface area contributed by atoms with Gasteiger partial charge in [-0.3, -0.25) is 4.79 Å². The number of aromatic nitrogens is 1. The molecule has 3 aromatic rings. The van der Waals surface area contributed by atoms with Crippen molar-refractivity contribution in [1.29, 1.82) is 0 Å². The highest BCUT2D eigenvalue weighted by Gasteiger charge is 2.52. The fourth-order valence-electron chi connectivity index (χ4n) is 4.44. The number of carbonyl (C=O) groups is 1. The highest BCUT2D eigenvalue weighted by atomic mass is 19.3. The third-order valence-electron chi connectivity index (χ3n) is 6.93. The molecule has 2 heterocycles. The van der Waals surface area contributed by atoms with Gasteiger partial charge in [-0.1, -0.05) is 26.8 Å². The molecule has 1 atom stereocenters. The first-order valence-corrected chi connectivity index (χ1v) is 11.5. The molecular formula is C28H30F3NO5. The topological polar surface area (TPSA) is 80.9 Å². The lowest BCUT2D eigenvalue weighted by atomic mass is 9.86. The number of aliphatic hydroxyl groups is 2. The standard InChI is InChI=1S/C28H30F3NO5/c1-4-26(2,3)24-10-17-9-16(20(29)13-21(17)32(24)14-19(34)15-33)11-25(35)27(7-8-27)18-5-6-22-23(12-18)37-28(30,31)36-22/h5-6,9-10,12-13,19,33-34H,4,7-8,11,14-15H2,1-3H3/t19-/m1/s1/i4D2,5D,6D,12D,14D2,19D. The molecule has 0 radical (unpaired) electrons. The minimum Gasteiger partial charge on any atom is -0.395 e. The molecule has 1 saturated carbocycles. The van der Waals surface area contributed by atoms with Crippen molar-refractivity contribution in [3.05, 3.63) is 59.0 Å². The van der Waals surface area contributed by atoms with Crippen LogP contribution in [0.15, 0.2) is 36.3 Å². The Balaban J connectivity index is 1.61. The Bertz CT molecular complexity index is 1750. The van der Waals surface area contributed by atoms with Gasteiger partial charge in [-0.05, 0) is 60.6 Å². The second kappa shape index (κ2) is 8.77. The summed E-state index contributed by atoms with van der Waals surface area (Å²) in [5.74, 6) is -3.25. The number of hydrogen-bond acceptors (Lipinski definition) is 5. The van der Waals surface area contributed by atoms with Crippen LogP contribution in [0.1, 0.15) is 67.8 Å². The summed E-state index contributed by atoms with van der Waals surface area (Å²) in [7, 11) is 0. The molecule has 6 nitrogen and oxygen atoms in total. The van der Waals surface area contributed by atoms with Crippen molar-refractivity contribution in [3.63, 3.8) is 0 Å². The molecule has 9 heteroatoms. The van der Waals surface area contributed by atoms with Crippen LogP contribution in [0.4, 0.5) is 13.2 Å². The van der Waals surface area contributed by atoms with Crippen LogP contribution in [-0.2, 0) is 28.5 Å². The minimum absolute atomic E-state index is 0.0755. The molecule has 1 fully saturated rings. The SMILES string of the molecule is [2H]c1c([2H])c(C2(C(=O)Cc3cc4cc(C(C)(C)C([2H])([2H])C)n(C([2H])([2H])[C@@]([2H])(O)CO)c4cc3F)CC2)c([2H])c2c1OC(F)(F)O2. The van der Waals surface area contributed by atoms with Gasteiger partial charge in [-0.15, -0.1) is 8.78 Å². The van der Waals surface area contributed by atoms with E-state index in [9.17, 15) is 23.8 Å². The van der Waals surface area contributed by atoms with Gasteiger partial charge in [-0.2, -0.15) is 0 Å². The molecular weight excluding hydrogens is 487 g/mol. The van der Waals surface area contributed by atoms with E-state index in [0.717, 1.165) is 10.6 Å². The molecule has 2 aromatic carbocycles. The zero-order chi connectivity index (χ0) is 33.9. The smallest absolute Gasteiger partial charge is 0.395 e. The maximum absolute atomic E-state index is 15.7. The summed E-state index contributed by atoms with van der Waals surface area (Å²) >= 11 is 0. The third-order valence-corrected chi connectivity index (χ3v) is 6.93. The quantitative estimate of drug-likeness (QED) is 0.412. The molecule has 1 aromatic heterocycles. The van der Waals surface area contributed by atoms with Crippen molar-refractivity contribution in [2.45, 2.75) is 76.1 Å². The van der Waals surface area contributed by atoms with Gasteiger partial charge >= 0.3 is 6.29 Å². The molecule has 37 heavy (non-hydrogen) atoms. The van der Waals surface area contributed by atoms with Gasteiger partial charge in [0.05, 0.1) is 38.3 Å². The summed E-state index contributed by atoms with van der Waals surface area (Å²) in [6, 6.07) is 1.25. The van der Waals surface area contributed by atoms with E-state index in [0.29, 0.717) is 0 Å². The van der Waals surface area contributed by atoms with Crippen LogP contribution in [-0.4, -0.2) is 39.5 Å². The largest absolute Gasteiger partial charge is 0.586 e. The van der Waals surface area contributed by atoms with Crippen LogP contribution in [0.3, 0.4) is 0 Å². The normalized spacial score (nSPS) is 23.0. The van der Waals surface area contributed by atoms with Gasteiger partial charge in [0, 0.05) is 25.7 Å². The van der Waals surface area contributed by atoms with Gasteiger partial charge in [0.1, 0.15) is 11.6 Å². The highest BCUT2D eigenvalue weighted by molar-refractivity contribution is 5.95. The zero-order valence-corrected chi connectivity index (χ0v) is 20.3. The summed E-state index contributed by atoms with van der Waals surface area (Å²) in [6.07, 6.45) is -9.72. The van der Waals surface area contributed by atoms with E-state index in [-0.39, 0.29) is 40.6 Å². The molecule has 1 aliphatic carbocycles. The van der Waals surface area contributed by atoms with Crippen LogP contribution < -0.4 is 9.47 Å². The van der Waals surface area contributed by atoms with Crippen molar-refractivity contribution in [2.24, 2.45) is 0 Å². The summed E-state index contributed by atoms with van der Waals surface area (Å²) in [5.41, 5.74) is -3.83. The maximum Gasteiger partial charge on any atom is 0.586 e. The number of benzene rings is 2. The predicted octanol–water partition coefficient (Wildman–Crippen LogP) is 4.99. The Morgan fingerprint density at radius 2 is 1.97 bits per heavy atom. The van der Waals surface area contributed by atoms with Gasteiger partial charge in [-0.25, -0.2) is 4.39 Å². The fourth-order valence-corrected chi connectivity index (χ4v) is 4.44. The van der Waals surface area contributed by atoms with E-state index >= 15 is 4.39 Å². The molecule has 0 amide bonds. The molecule has 1 aliphatic heterocycles. The Morgan fingerprint density at radius 1 is 1.27 bits per heavy atom. The molecule has 0 bridgehead atoms. The van der Waals surface area contributed by atoms with Crippen molar-refractivity contribution in [3.8, 4) is 11.5 Å². The van der Waals surface area contributed by atoms with Crippen LogP contribution in [0.25, 0.3) is 10.9 Å². The van der Waals surface area contributed by atoms with E-state index in [1.807, 2.05) is 0 Å². The lowest BCUT2D eigenvalue weighted by Crippen LogP contribution is -2.26. The first kappa shape index (κ1) is 17.5. The monoisotopic (exact) mass is 525 g/mol. The van der Waals surface area contributed by atoms with Gasteiger partial charge in [0.25, 0.3) is 0 Å². The molecule has 0 spiro atoms. The molecule has 2 aliphatic rings. The molecule has 5 rings (SSSR count). The maximum atomic E-state index is 15.7. The number of nitrogens with zero attached hydrogens (tertiary/aromatic N) is 1. The highest BCUT2D eigenvalue weighted by Crippen LogP contribution is 2.52. The fraction of sp³-hybridized carbons (Fsp3) is 0.464. The number of rotatable bonds is 9. The molecule has 0 unspecified atom stereocenters. The summed E-state index contributed by atoms with van der Waals surface area (Å²) in [4.78, 5) is 13.7. The van der Waals surface area contributed by atoms with Crippen molar-refractivity contribution < 1.29 is 48.6 Å². The second-order valence-corrected chi connectivity index (χ2v) is 9.72. The average Bonchev–Trinajstić information content (AvgIpc) is 3.51. The first-order valence-electron chi connectivity index (χ1n) is 15.5. The van der Waals surface area contributed by atoms with Crippen molar-refractivity contribution in [2.75, 3.05) is 6.61 Å². The Hall–Kier alpha value is -3.04. The predicted molar refractivity (Wildman–Crippen MR) is 131 cm³/mol. The molecule has 198 valence electrons. The van der Waals surface area contributed by atoms with E-state index in [1.165, 1.54) is 32.9 Å². The minimum atomic E-state index is -4.16. The number of ketones is 1. The first-order chi connectivity index (χ1) is 20.4. The number of hydrogen-bond donors (Lipinski definition) is 2. The second-order valence-electron chi connectivity index (χ2n) is 9.72. The van der Waals surface area contributed by atoms with E-state index in [2.05, 4.69) is 9.47 Å². The van der Waals surface area contributed by atoms with Crippen molar-refractivity contribution in [1.82, 2.24) is 4.57 Å². The number of fused-ring (bicyclic) bond motifs is 2. The number of ether oxygens (including phenoxy) is 2. The number of carbonyl (C=O) groups excluding carboxylic acids is 1. The number of Topliss-reactive ketones (excluding diaryl/α,β-unsaturated/α-hetero) is 1. The Morgan fingerprint density at radius 3 is 2.62 bits per heavy atom. The lowest BCUT2D eigenvalue weighted by molar-refractivity contribution is -0.286. The molecule has 0 saturated heterocycles. The van der Waals surface area contributed by atoms with Crippen molar-refractivity contribution >= 4 is 16.7 Å². The van der Waals surface area contributed by atoms with Crippen LogP contribution >= 0.6 is 0 Å². The summed E-state index contributed by atoms with van der Waals surface area (Å²) < 4.78 is 119. The number of alkyl halides is 2. The molecule has 2 N–H and O–H groups in total. The zero-order valence-electron chi connectivity index (χ0n) is 28.3. The van der Waals surface area contributed by atoms with E-state index < -0.39 is 90.3 Å². The van der Waals surface area contributed by atoms with Gasteiger partial charge in [0.2, 0.25) is 0 Å². The number of halogens is 3. The summed E-state index contributed by atoms with van der Waals surface area (Å²) in [6.45, 7) is -0.298. The average molecular weight is 526 g/mol. The van der Waals surface area contributed by atoms with E-state index in [1.54, 1.807) is 0 Å². The van der Waals surface area contributed by atoms with Crippen LogP contribution in [0.5, 0.6) is 11.5 Å². The summed E-state index contributed by atoms with van der Waals surface area (Å²) in [5, 5.41) is 20.2. The van der Waals surface area contributed by atoms with E-state index in [4.69, 9.17) is 11.0 Å². The lowest BCUT2D eigenvalue weighted by Gasteiger charge is -2.26. The number of aliphatic hydroxyl groups excluding tert-OH is 1. The van der Waals surface area contributed by atoms with Gasteiger partial charge in [0.15, 0.2) is 11.5 Å².